The maximum absolute atomic E-state index is 13.2. The van der Waals surface area contributed by atoms with Crippen molar-refractivity contribution in [1.29, 1.82) is 0 Å². The van der Waals surface area contributed by atoms with Gasteiger partial charge in [-0.15, -0.1) is 6.58 Å². The summed E-state index contributed by atoms with van der Waals surface area (Å²) in [4.78, 5) is 37.2. The second-order valence-electron chi connectivity index (χ2n) is 14.5. The van der Waals surface area contributed by atoms with Crippen LogP contribution in [0.15, 0.2) is 24.8 Å². The first-order chi connectivity index (χ1) is 18.0. The van der Waals surface area contributed by atoms with E-state index in [0.717, 1.165) is 25.7 Å². The summed E-state index contributed by atoms with van der Waals surface area (Å²) in [6.45, 7) is 22.2. The van der Waals surface area contributed by atoms with Crippen LogP contribution in [0.4, 0.5) is 0 Å². The highest BCUT2D eigenvalue weighted by Crippen LogP contribution is 2.87. The number of aliphatic hydroxyl groups excluding tert-OH is 1. The number of carboxylic acid groups (broad SMARTS) is 1. The van der Waals surface area contributed by atoms with Crippen molar-refractivity contribution < 1.29 is 29.3 Å². The predicted molar refractivity (Wildman–Crippen MR) is 151 cm³/mol. The second-order valence-corrected chi connectivity index (χ2v) is 14.5. The summed E-state index contributed by atoms with van der Waals surface area (Å²) in [6, 6.07) is 0. The van der Waals surface area contributed by atoms with Crippen molar-refractivity contribution >= 4 is 17.7 Å². The average Bonchev–Trinajstić information content (AvgIpc) is 3.45. The van der Waals surface area contributed by atoms with Crippen molar-refractivity contribution in [1.82, 2.24) is 0 Å². The molecule has 0 aromatic carbocycles. The number of allylic oxidation sites excluding steroid dienone is 1. The first-order valence-electron chi connectivity index (χ1n) is 15.0. The van der Waals surface area contributed by atoms with Gasteiger partial charge in [0.2, 0.25) is 0 Å². The zero-order valence-corrected chi connectivity index (χ0v) is 25.1. The molecule has 0 saturated heterocycles. The number of Topliss-reactive ketones (excluding diaryl/α,β-unsaturated/α-hetero) is 1. The second kappa shape index (κ2) is 9.85. The lowest BCUT2D eigenvalue weighted by molar-refractivity contribution is -0.155. The van der Waals surface area contributed by atoms with Crippen LogP contribution in [0.2, 0.25) is 0 Å². The van der Waals surface area contributed by atoms with Gasteiger partial charge in [-0.05, 0) is 95.3 Å². The fraction of sp³-hybridized carbons (Fsp3) is 0.788. The summed E-state index contributed by atoms with van der Waals surface area (Å²) in [6.07, 6.45) is 5.95. The Morgan fingerprint density at radius 3 is 2.31 bits per heavy atom. The smallest absolute Gasteiger partial charge is 0.303 e. The molecule has 4 aliphatic rings. The van der Waals surface area contributed by atoms with Gasteiger partial charge in [0.15, 0.2) is 5.78 Å². The van der Waals surface area contributed by atoms with Crippen molar-refractivity contribution in [3.05, 3.63) is 24.8 Å². The van der Waals surface area contributed by atoms with Gasteiger partial charge < -0.3 is 14.9 Å². The van der Waals surface area contributed by atoms with Crippen LogP contribution in [-0.4, -0.2) is 40.1 Å². The number of rotatable bonds is 10. The average molecular weight is 543 g/mol. The Labute approximate surface area is 234 Å². The molecule has 4 rings (SSSR count). The molecule has 11 atom stereocenters. The number of hydrogen-bond acceptors (Lipinski definition) is 5. The molecule has 0 bridgehead atoms. The maximum atomic E-state index is 13.2. The fourth-order valence-electron chi connectivity index (χ4n) is 10.6. The normalized spacial score (nSPS) is 43.9. The van der Waals surface area contributed by atoms with Gasteiger partial charge in [0.25, 0.3) is 0 Å². The topological polar surface area (TPSA) is 101 Å². The molecule has 0 heterocycles. The largest absolute Gasteiger partial charge is 0.481 e. The summed E-state index contributed by atoms with van der Waals surface area (Å²) in [5.41, 5.74) is -0.0190. The van der Waals surface area contributed by atoms with E-state index in [1.54, 1.807) is 0 Å². The number of ether oxygens (including phenoxy) is 1. The van der Waals surface area contributed by atoms with Crippen LogP contribution in [0.5, 0.6) is 0 Å². The zero-order valence-electron chi connectivity index (χ0n) is 25.1. The Morgan fingerprint density at radius 1 is 1.13 bits per heavy atom. The van der Waals surface area contributed by atoms with E-state index in [1.165, 1.54) is 6.92 Å². The Kier molecular flexibility index (Phi) is 7.58. The Balaban J connectivity index is 1.75. The molecule has 4 aliphatic carbocycles. The molecule has 2 N–H and O–H groups in total. The number of carboxylic acids is 1. The molecule has 11 unspecified atom stereocenters. The van der Waals surface area contributed by atoms with Crippen LogP contribution in [0.1, 0.15) is 93.4 Å². The van der Waals surface area contributed by atoms with Crippen molar-refractivity contribution in [3.63, 3.8) is 0 Å². The minimum absolute atomic E-state index is 0.0507. The van der Waals surface area contributed by atoms with E-state index in [2.05, 4.69) is 40.0 Å². The molecular formula is C33H50O6. The lowest BCUT2D eigenvalue weighted by Gasteiger charge is -2.61. The SMILES string of the molecule is C=CC1C(C)CC2C3(C)CC(OC(C)=O)C(C(C)C(O)C(=O)C(=C)C(C)C)C3(C)CCC23CC13CCC(=O)O. The van der Waals surface area contributed by atoms with E-state index in [9.17, 15) is 24.6 Å². The van der Waals surface area contributed by atoms with Crippen LogP contribution in [0.3, 0.4) is 0 Å². The van der Waals surface area contributed by atoms with Gasteiger partial charge in [-0.3, -0.25) is 14.4 Å². The zero-order chi connectivity index (χ0) is 29.3. The number of esters is 1. The molecule has 0 aromatic heterocycles. The van der Waals surface area contributed by atoms with Gasteiger partial charge in [0.05, 0.1) is 0 Å². The Morgan fingerprint density at radius 2 is 1.77 bits per heavy atom. The molecule has 0 amide bonds. The van der Waals surface area contributed by atoms with E-state index in [4.69, 9.17) is 4.74 Å². The number of hydrogen-bond donors (Lipinski definition) is 2. The van der Waals surface area contributed by atoms with Crippen LogP contribution < -0.4 is 0 Å². The summed E-state index contributed by atoms with van der Waals surface area (Å²) >= 11 is 0. The summed E-state index contributed by atoms with van der Waals surface area (Å²) in [5.74, 6) is -1.03. The third kappa shape index (κ3) is 4.18. The van der Waals surface area contributed by atoms with Crippen LogP contribution in [0, 0.1) is 57.2 Å². The number of carbonyl (C=O) groups excluding carboxylic acids is 2. The Bertz CT molecular complexity index is 1060. The molecular weight excluding hydrogens is 492 g/mol. The van der Waals surface area contributed by atoms with Gasteiger partial charge in [-0.25, -0.2) is 0 Å². The van der Waals surface area contributed by atoms with E-state index in [-0.39, 0.29) is 51.7 Å². The third-order valence-corrected chi connectivity index (χ3v) is 12.7. The summed E-state index contributed by atoms with van der Waals surface area (Å²) in [7, 11) is 0. The van der Waals surface area contributed by atoms with E-state index < -0.39 is 24.1 Å². The van der Waals surface area contributed by atoms with Crippen LogP contribution >= 0.6 is 0 Å². The van der Waals surface area contributed by atoms with Gasteiger partial charge in [-0.2, -0.15) is 0 Å². The molecule has 4 fully saturated rings. The molecule has 0 aliphatic heterocycles. The predicted octanol–water partition coefficient (Wildman–Crippen LogP) is 6.22. The van der Waals surface area contributed by atoms with Gasteiger partial charge >= 0.3 is 11.9 Å². The van der Waals surface area contributed by atoms with Crippen molar-refractivity contribution in [3.8, 4) is 0 Å². The molecule has 6 heteroatoms. The van der Waals surface area contributed by atoms with Crippen LogP contribution in [-0.2, 0) is 19.1 Å². The molecule has 0 radical (unpaired) electrons. The Hall–Kier alpha value is -1.95. The lowest BCUT2D eigenvalue weighted by atomic mass is 9.43. The minimum atomic E-state index is -1.20. The van der Waals surface area contributed by atoms with Crippen molar-refractivity contribution in [2.75, 3.05) is 0 Å². The van der Waals surface area contributed by atoms with Crippen molar-refractivity contribution in [2.45, 2.75) is 106 Å². The monoisotopic (exact) mass is 542 g/mol. The van der Waals surface area contributed by atoms with E-state index in [1.807, 2.05) is 20.8 Å². The first kappa shape index (κ1) is 30.0. The molecule has 6 nitrogen and oxygen atoms in total. The highest BCUT2D eigenvalue weighted by molar-refractivity contribution is 5.98. The standard InChI is InChI=1S/C33H50O6/c1-10-23-19(4)15-25-31(9)16-24(39-22(7)34)27(21(6)29(38)28(37)20(5)18(2)3)30(31,8)13-14-33(25)17-32(23,33)12-11-26(35)36/h10,18-19,21,23-25,27,29,38H,1,5,11-17H2,2-4,6-9H3,(H,35,36). The van der Waals surface area contributed by atoms with Gasteiger partial charge in [0, 0.05) is 19.3 Å². The molecule has 218 valence electrons. The lowest BCUT2D eigenvalue weighted by Crippen LogP contribution is -2.56. The summed E-state index contributed by atoms with van der Waals surface area (Å²) < 4.78 is 6.03. The highest BCUT2D eigenvalue weighted by Gasteiger charge is 2.81. The first-order valence-corrected chi connectivity index (χ1v) is 15.0. The number of aliphatic carboxylic acids is 1. The van der Waals surface area contributed by atoms with Gasteiger partial charge in [0.1, 0.15) is 12.2 Å². The summed E-state index contributed by atoms with van der Waals surface area (Å²) in [5, 5.41) is 20.9. The quantitative estimate of drug-likeness (QED) is 0.193. The number of carbonyl (C=O) groups is 3. The minimum Gasteiger partial charge on any atom is -0.481 e. The molecule has 39 heavy (non-hydrogen) atoms. The molecule has 0 aromatic rings. The number of fused-ring (bicyclic) bond motifs is 2. The molecule has 4 saturated carbocycles. The van der Waals surface area contributed by atoms with E-state index in [0.29, 0.717) is 36.2 Å². The fourth-order valence-corrected chi connectivity index (χ4v) is 10.6. The number of aliphatic hydroxyl groups is 1. The highest BCUT2D eigenvalue weighted by atomic mass is 16.5. The van der Waals surface area contributed by atoms with E-state index >= 15 is 0 Å². The molecule has 1 spiro atoms. The number of ketones is 1. The third-order valence-electron chi connectivity index (χ3n) is 12.7. The van der Waals surface area contributed by atoms with Crippen molar-refractivity contribution in [2.24, 2.45) is 57.2 Å². The maximum Gasteiger partial charge on any atom is 0.303 e. The van der Waals surface area contributed by atoms with Gasteiger partial charge in [-0.1, -0.05) is 54.2 Å². The van der Waals surface area contributed by atoms with Crippen LogP contribution in [0.25, 0.3) is 0 Å².